The van der Waals surface area contributed by atoms with Gasteiger partial charge in [-0.05, 0) is 49.3 Å². The molecule has 0 saturated heterocycles. The summed E-state index contributed by atoms with van der Waals surface area (Å²) in [7, 11) is 0. The lowest BCUT2D eigenvalue weighted by atomic mass is 9.82. The molecule has 0 bridgehead atoms. The van der Waals surface area contributed by atoms with Crippen LogP contribution in [-0.2, 0) is 16.0 Å². The minimum absolute atomic E-state index is 0.175. The summed E-state index contributed by atoms with van der Waals surface area (Å²) in [4.78, 5) is 53.2. The van der Waals surface area contributed by atoms with E-state index in [1.807, 2.05) is 30.3 Å². The Bertz CT molecular complexity index is 1260. The topological polar surface area (TPSA) is 121 Å². The number of carboxylic acids is 1. The zero-order valence-electron chi connectivity index (χ0n) is 18.2. The Balaban J connectivity index is 1.59. The Morgan fingerprint density at radius 2 is 1.67 bits per heavy atom. The summed E-state index contributed by atoms with van der Waals surface area (Å²) >= 11 is 0. The number of rotatable bonds is 7. The summed E-state index contributed by atoms with van der Waals surface area (Å²) in [5, 5.41) is 12.4. The number of aromatic nitrogens is 2. The first-order valence-electron chi connectivity index (χ1n) is 11.2. The standard InChI is InChI=1S/C25H27N3O5/c29-22(26-15-17-10-12-18(13-11-17)24(31)32)21(14-16-6-2-1-3-7-16)28-23(30)19-8-4-5-9-20(19)27-25(28)33/h1-9,17-18,21H,10-15H2,(H,26,29)(H,27,33)(H,31,32). The number of hydrogen-bond acceptors (Lipinski definition) is 4. The van der Waals surface area contributed by atoms with E-state index >= 15 is 0 Å². The van der Waals surface area contributed by atoms with E-state index in [0.717, 1.165) is 23.0 Å². The van der Waals surface area contributed by atoms with Crippen molar-refractivity contribution in [1.29, 1.82) is 0 Å². The van der Waals surface area contributed by atoms with Crippen LogP contribution in [0.1, 0.15) is 37.3 Å². The summed E-state index contributed by atoms with van der Waals surface area (Å²) < 4.78 is 1.01. The predicted octanol–water partition coefficient (Wildman–Crippen LogP) is 2.48. The third-order valence-electron chi connectivity index (χ3n) is 6.48. The number of fused-ring (bicyclic) bond motifs is 1. The highest BCUT2D eigenvalue weighted by atomic mass is 16.4. The van der Waals surface area contributed by atoms with Crippen molar-refractivity contribution in [2.75, 3.05) is 6.54 Å². The number of nitrogens with one attached hydrogen (secondary N) is 2. The fourth-order valence-electron chi connectivity index (χ4n) is 4.57. The van der Waals surface area contributed by atoms with Crippen molar-refractivity contribution >= 4 is 22.8 Å². The molecule has 1 aliphatic carbocycles. The Hall–Kier alpha value is -3.68. The van der Waals surface area contributed by atoms with Gasteiger partial charge >= 0.3 is 11.7 Å². The minimum atomic E-state index is -1.01. The fraction of sp³-hybridized carbons (Fsp3) is 0.360. The van der Waals surface area contributed by atoms with E-state index in [0.29, 0.717) is 30.3 Å². The van der Waals surface area contributed by atoms with Gasteiger partial charge in [-0.25, -0.2) is 9.36 Å². The average molecular weight is 450 g/mol. The van der Waals surface area contributed by atoms with Gasteiger partial charge in [-0.15, -0.1) is 0 Å². The van der Waals surface area contributed by atoms with E-state index in [4.69, 9.17) is 0 Å². The lowest BCUT2D eigenvalue weighted by molar-refractivity contribution is -0.143. The van der Waals surface area contributed by atoms with Crippen LogP contribution < -0.4 is 16.6 Å². The molecular formula is C25H27N3O5. The highest BCUT2D eigenvalue weighted by Crippen LogP contribution is 2.28. The number of aliphatic carboxylic acids is 1. The number of aromatic amines is 1. The monoisotopic (exact) mass is 449 g/mol. The number of amides is 1. The molecule has 1 amide bonds. The quantitative estimate of drug-likeness (QED) is 0.512. The van der Waals surface area contributed by atoms with Crippen molar-refractivity contribution in [1.82, 2.24) is 14.9 Å². The van der Waals surface area contributed by atoms with Gasteiger partial charge < -0.3 is 15.4 Å². The SMILES string of the molecule is O=C(O)C1CCC(CNC(=O)C(Cc2ccccc2)n2c(=O)[nH]c3ccccc3c2=O)CC1. The highest BCUT2D eigenvalue weighted by Gasteiger charge is 2.29. The molecule has 1 heterocycles. The van der Waals surface area contributed by atoms with Gasteiger partial charge in [0.05, 0.1) is 16.8 Å². The number of para-hydroxylation sites is 1. The number of carbonyl (C=O) groups excluding carboxylic acids is 1. The summed E-state index contributed by atoms with van der Waals surface area (Å²) in [5.74, 6) is -1.32. The molecule has 3 N–H and O–H groups in total. The molecule has 8 heteroatoms. The summed E-state index contributed by atoms with van der Waals surface area (Å²) in [6.07, 6.45) is 2.81. The average Bonchev–Trinajstić information content (AvgIpc) is 2.83. The Morgan fingerprint density at radius 1 is 1.00 bits per heavy atom. The Kier molecular flexibility index (Phi) is 6.72. The summed E-state index contributed by atoms with van der Waals surface area (Å²) in [6, 6.07) is 15.0. The van der Waals surface area contributed by atoms with Crippen LogP contribution in [-0.4, -0.2) is 33.1 Å². The molecule has 1 aromatic heterocycles. The first-order valence-corrected chi connectivity index (χ1v) is 11.2. The maximum absolute atomic E-state index is 13.3. The molecule has 8 nitrogen and oxygen atoms in total. The van der Waals surface area contributed by atoms with Crippen LogP contribution in [0.2, 0.25) is 0 Å². The van der Waals surface area contributed by atoms with Gasteiger partial charge in [-0.3, -0.25) is 14.4 Å². The first kappa shape index (κ1) is 22.5. The van der Waals surface area contributed by atoms with Crippen LogP contribution in [0.5, 0.6) is 0 Å². The van der Waals surface area contributed by atoms with Crippen molar-refractivity contribution < 1.29 is 14.7 Å². The van der Waals surface area contributed by atoms with E-state index < -0.39 is 29.2 Å². The number of nitrogens with zero attached hydrogens (tertiary/aromatic N) is 1. The second-order valence-electron chi connectivity index (χ2n) is 8.66. The molecule has 1 unspecified atom stereocenters. The normalized spacial score (nSPS) is 19.2. The van der Waals surface area contributed by atoms with Gasteiger partial charge in [0, 0.05) is 13.0 Å². The molecule has 33 heavy (non-hydrogen) atoms. The summed E-state index contributed by atoms with van der Waals surface area (Å²) in [5.41, 5.74) is 0.126. The van der Waals surface area contributed by atoms with Gasteiger partial charge in [-0.1, -0.05) is 42.5 Å². The number of benzene rings is 2. The zero-order chi connectivity index (χ0) is 23.4. The van der Waals surface area contributed by atoms with Gasteiger partial charge in [0.2, 0.25) is 5.91 Å². The van der Waals surface area contributed by atoms with Crippen molar-refractivity contribution in [2.24, 2.45) is 11.8 Å². The van der Waals surface area contributed by atoms with Crippen molar-refractivity contribution in [3.05, 3.63) is 81.0 Å². The molecule has 1 aliphatic rings. The third kappa shape index (κ3) is 5.05. The molecule has 4 rings (SSSR count). The molecule has 2 aromatic carbocycles. The molecule has 0 aliphatic heterocycles. The molecule has 0 radical (unpaired) electrons. The van der Waals surface area contributed by atoms with Crippen LogP contribution in [0.3, 0.4) is 0 Å². The van der Waals surface area contributed by atoms with E-state index in [1.165, 1.54) is 0 Å². The van der Waals surface area contributed by atoms with Gasteiger partial charge in [0.1, 0.15) is 6.04 Å². The predicted molar refractivity (Wildman–Crippen MR) is 124 cm³/mol. The van der Waals surface area contributed by atoms with E-state index in [1.54, 1.807) is 24.3 Å². The van der Waals surface area contributed by atoms with Crippen molar-refractivity contribution in [2.45, 2.75) is 38.1 Å². The van der Waals surface area contributed by atoms with Gasteiger partial charge in [-0.2, -0.15) is 0 Å². The van der Waals surface area contributed by atoms with Crippen LogP contribution >= 0.6 is 0 Å². The van der Waals surface area contributed by atoms with Gasteiger partial charge in [0.15, 0.2) is 0 Å². The largest absolute Gasteiger partial charge is 0.481 e. The lowest BCUT2D eigenvalue weighted by Gasteiger charge is -2.27. The van der Waals surface area contributed by atoms with E-state index in [2.05, 4.69) is 10.3 Å². The highest BCUT2D eigenvalue weighted by molar-refractivity contribution is 5.82. The van der Waals surface area contributed by atoms with Crippen LogP contribution in [0.25, 0.3) is 10.9 Å². The number of hydrogen-bond donors (Lipinski definition) is 3. The van der Waals surface area contributed by atoms with Crippen LogP contribution in [0.15, 0.2) is 64.2 Å². The maximum atomic E-state index is 13.3. The summed E-state index contributed by atoms with van der Waals surface area (Å²) in [6.45, 7) is 0.386. The molecular weight excluding hydrogens is 422 g/mol. The first-order chi connectivity index (χ1) is 15.9. The fourth-order valence-corrected chi connectivity index (χ4v) is 4.57. The molecule has 1 fully saturated rings. The molecule has 0 spiro atoms. The Morgan fingerprint density at radius 3 is 2.36 bits per heavy atom. The minimum Gasteiger partial charge on any atom is -0.481 e. The van der Waals surface area contributed by atoms with Gasteiger partial charge in [0.25, 0.3) is 5.56 Å². The van der Waals surface area contributed by atoms with Crippen molar-refractivity contribution in [3.8, 4) is 0 Å². The van der Waals surface area contributed by atoms with Crippen LogP contribution in [0, 0.1) is 11.8 Å². The van der Waals surface area contributed by atoms with E-state index in [-0.39, 0.29) is 18.3 Å². The molecule has 1 atom stereocenters. The number of carboxylic acid groups (broad SMARTS) is 1. The lowest BCUT2D eigenvalue weighted by Crippen LogP contribution is -2.46. The molecule has 1 saturated carbocycles. The van der Waals surface area contributed by atoms with E-state index in [9.17, 15) is 24.3 Å². The Labute approximate surface area is 190 Å². The second kappa shape index (κ2) is 9.85. The number of carbonyl (C=O) groups is 2. The maximum Gasteiger partial charge on any atom is 0.329 e. The van der Waals surface area contributed by atoms with Crippen LogP contribution in [0.4, 0.5) is 0 Å². The third-order valence-corrected chi connectivity index (χ3v) is 6.48. The smallest absolute Gasteiger partial charge is 0.329 e. The molecule has 172 valence electrons. The zero-order valence-corrected chi connectivity index (χ0v) is 18.2. The second-order valence-corrected chi connectivity index (χ2v) is 8.66. The van der Waals surface area contributed by atoms with Crippen molar-refractivity contribution in [3.63, 3.8) is 0 Å². The number of H-pyrrole nitrogens is 1. The molecule has 3 aromatic rings.